The van der Waals surface area contributed by atoms with Gasteiger partial charge in [0.05, 0.1) is 12.1 Å². The van der Waals surface area contributed by atoms with Gasteiger partial charge < -0.3 is 5.32 Å². The van der Waals surface area contributed by atoms with E-state index in [1.165, 1.54) is 16.7 Å². The molecule has 0 aliphatic heterocycles. The Balaban J connectivity index is 1.73. The predicted molar refractivity (Wildman–Crippen MR) is 83.1 cm³/mol. The smallest absolute Gasteiger partial charge is 0.230 e. The number of rotatable bonds is 3. The van der Waals surface area contributed by atoms with E-state index in [0.29, 0.717) is 11.6 Å². The Morgan fingerprint density at radius 1 is 1.20 bits per heavy atom. The Morgan fingerprint density at radius 2 is 2.00 bits per heavy atom. The first kappa shape index (κ1) is 12.8. The van der Waals surface area contributed by atoms with Gasteiger partial charge in [-0.25, -0.2) is 4.98 Å². The average Bonchev–Trinajstić information content (AvgIpc) is 2.83. The minimum atomic E-state index is -0.0327. The lowest BCUT2D eigenvalue weighted by atomic mass is 10.1. The normalized spacial score (nSPS) is 10.7. The number of fused-ring (bicyclic) bond motifs is 1. The van der Waals surface area contributed by atoms with Crippen molar-refractivity contribution in [3.8, 4) is 0 Å². The Labute approximate surface area is 121 Å². The summed E-state index contributed by atoms with van der Waals surface area (Å²) in [7, 11) is 0. The minimum absolute atomic E-state index is 0.0327. The van der Waals surface area contributed by atoms with Crippen molar-refractivity contribution < 1.29 is 4.79 Å². The monoisotopic (exact) mass is 282 g/mol. The van der Waals surface area contributed by atoms with E-state index in [0.717, 1.165) is 16.6 Å². The van der Waals surface area contributed by atoms with Crippen LogP contribution in [0.5, 0.6) is 0 Å². The Morgan fingerprint density at radius 3 is 2.75 bits per heavy atom. The topological polar surface area (TPSA) is 42.0 Å². The molecule has 0 aliphatic carbocycles. The summed E-state index contributed by atoms with van der Waals surface area (Å²) < 4.78 is 0. The number of aromatic nitrogens is 1. The molecule has 1 amide bonds. The van der Waals surface area contributed by atoms with Gasteiger partial charge in [0.15, 0.2) is 5.13 Å². The summed E-state index contributed by atoms with van der Waals surface area (Å²) in [6.07, 6.45) is 0.365. The number of aryl methyl sites for hydroxylation is 1. The molecule has 0 radical (unpaired) electrons. The third-order valence-corrected chi connectivity index (χ3v) is 3.92. The SMILES string of the molecule is Cc1csc(NC(=O)Cc2ccc3ccccc3c2)n1. The molecule has 1 aromatic heterocycles. The van der Waals surface area contributed by atoms with Gasteiger partial charge in [-0.3, -0.25) is 4.79 Å². The molecule has 3 rings (SSSR count). The molecular formula is C16H14N2OS. The van der Waals surface area contributed by atoms with Gasteiger partial charge in [-0.1, -0.05) is 42.5 Å². The third kappa shape index (κ3) is 2.86. The van der Waals surface area contributed by atoms with Gasteiger partial charge in [-0.2, -0.15) is 0 Å². The van der Waals surface area contributed by atoms with Gasteiger partial charge in [-0.05, 0) is 23.3 Å². The lowest BCUT2D eigenvalue weighted by Gasteiger charge is -2.04. The molecule has 0 bridgehead atoms. The minimum Gasteiger partial charge on any atom is -0.302 e. The second kappa shape index (κ2) is 5.43. The summed E-state index contributed by atoms with van der Waals surface area (Å²) in [6, 6.07) is 14.2. The Kier molecular flexibility index (Phi) is 3.48. The molecule has 4 heteroatoms. The van der Waals surface area contributed by atoms with Crippen molar-refractivity contribution in [2.75, 3.05) is 5.32 Å². The molecule has 3 nitrogen and oxygen atoms in total. The Bertz CT molecular complexity index is 764. The highest BCUT2D eigenvalue weighted by molar-refractivity contribution is 7.13. The molecule has 0 fully saturated rings. The van der Waals surface area contributed by atoms with Crippen LogP contribution in [0.1, 0.15) is 11.3 Å². The molecule has 0 saturated heterocycles. The van der Waals surface area contributed by atoms with E-state index >= 15 is 0 Å². The number of benzene rings is 2. The third-order valence-electron chi connectivity index (χ3n) is 3.04. The van der Waals surface area contributed by atoms with E-state index < -0.39 is 0 Å². The van der Waals surface area contributed by atoms with Crippen molar-refractivity contribution in [3.63, 3.8) is 0 Å². The van der Waals surface area contributed by atoms with Gasteiger partial charge in [-0.15, -0.1) is 11.3 Å². The highest BCUT2D eigenvalue weighted by Crippen LogP contribution is 2.17. The summed E-state index contributed by atoms with van der Waals surface area (Å²) in [5.41, 5.74) is 1.94. The van der Waals surface area contributed by atoms with E-state index in [9.17, 15) is 4.79 Å². The van der Waals surface area contributed by atoms with Crippen LogP contribution in [-0.2, 0) is 11.2 Å². The van der Waals surface area contributed by atoms with Crippen LogP contribution in [0.2, 0.25) is 0 Å². The number of amides is 1. The van der Waals surface area contributed by atoms with Crippen LogP contribution in [0, 0.1) is 6.92 Å². The van der Waals surface area contributed by atoms with Crippen LogP contribution in [-0.4, -0.2) is 10.9 Å². The zero-order valence-electron chi connectivity index (χ0n) is 11.1. The van der Waals surface area contributed by atoms with Crippen LogP contribution >= 0.6 is 11.3 Å². The van der Waals surface area contributed by atoms with Gasteiger partial charge in [0.25, 0.3) is 0 Å². The van der Waals surface area contributed by atoms with Gasteiger partial charge in [0.1, 0.15) is 0 Å². The van der Waals surface area contributed by atoms with Crippen LogP contribution < -0.4 is 5.32 Å². The maximum atomic E-state index is 12.0. The summed E-state index contributed by atoms with van der Waals surface area (Å²) in [6.45, 7) is 1.91. The van der Waals surface area contributed by atoms with Crippen LogP contribution in [0.3, 0.4) is 0 Å². The number of hydrogen-bond acceptors (Lipinski definition) is 3. The molecule has 0 aliphatic rings. The van der Waals surface area contributed by atoms with Crippen molar-refractivity contribution in [2.45, 2.75) is 13.3 Å². The molecule has 1 heterocycles. The van der Waals surface area contributed by atoms with Crippen molar-refractivity contribution in [1.82, 2.24) is 4.98 Å². The fourth-order valence-electron chi connectivity index (χ4n) is 2.11. The average molecular weight is 282 g/mol. The van der Waals surface area contributed by atoms with E-state index in [4.69, 9.17) is 0 Å². The summed E-state index contributed by atoms with van der Waals surface area (Å²) >= 11 is 1.45. The molecule has 0 unspecified atom stereocenters. The molecule has 1 N–H and O–H groups in total. The van der Waals surface area contributed by atoms with Crippen LogP contribution in [0.4, 0.5) is 5.13 Å². The fraction of sp³-hybridized carbons (Fsp3) is 0.125. The van der Waals surface area contributed by atoms with Crippen LogP contribution in [0.15, 0.2) is 47.8 Å². The number of carbonyl (C=O) groups excluding carboxylic acids is 1. The van der Waals surface area contributed by atoms with Crippen molar-refractivity contribution in [2.24, 2.45) is 0 Å². The van der Waals surface area contributed by atoms with Crippen molar-refractivity contribution in [1.29, 1.82) is 0 Å². The van der Waals surface area contributed by atoms with E-state index in [1.807, 2.05) is 36.6 Å². The predicted octanol–water partition coefficient (Wildman–Crippen LogP) is 3.79. The van der Waals surface area contributed by atoms with Crippen molar-refractivity contribution >= 4 is 33.1 Å². The summed E-state index contributed by atoms with van der Waals surface area (Å²) in [4.78, 5) is 16.2. The summed E-state index contributed by atoms with van der Waals surface area (Å²) in [5.74, 6) is -0.0327. The molecule has 2 aromatic carbocycles. The van der Waals surface area contributed by atoms with Gasteiger partial charge >= 0.3 is 0 Å². The molecule has 3 aromatic rings. The lowest BCUT2D eigenvalue weighted by Crippen LogP contribution is -2.14. The second-order valence-electron chi connectivity index (χ2n) is 4.70. The zero-order chi connectivity index (χ0) is 13.9. The molecular weight excluding hydrogens is 268 g/mol. The number of hydrogen-bond donors (Lipinski definition) is 1. The first-order valence-electron chi connectivity index (χ1n) is 6.40. The quantitative estimate of drug-likeness (QED) is 0.794. The largest absolute Gasteiger partial charge is 0.302 e. The number of nitrogens with zero attached hydrogens (tertiary/aromatic N) is 1. The molecule has 0 spiro atoms. The molecule has 20 heavy (non-hydrogen) atoms. The van der Waals surface area contributed by atoms with E-state index in [-0.39, 0.29) is 5.91 Å². The van der Waals surface area contributed by atoms with E-state index in [2.05, 4.69) is 28.5 Å². The zero-order valence-corrected chi connectivity index (χ0v) is 11.9. The molecule has 100 valence electrons. The standard InChI is InChI=1S/C16H14N2OS/c1-11-10-20-16(17-11)18-15(19)9-12-6-7-13-4-2-3-5-14(13)8-12/h2-8,10H,9H2,1H3,(H,17,18,19). The molecule has 0 saturated carbocycles. The maximum Gasteiger partial charge on any atom is 0.230 e. The lowest BCUT2D eigenvalue weighted by molar-refractivity contribution is -0.115. The highest BCUT2D eigenvalue weighted by atomic mass is 32.1. The molecule has 0 atom stereocenters. The number of thiazole rings is 1. The second-order valence-corrected chi connectivity index (χ2v) is 5.56. The van der Waals surface area contributed by atoms with Crippen molar-refractivity contribution in [3.05, 3.63) is 59.1 Å². The van der Waals surface area contributed by atoms with Gasteiger partial charge in [0.2, 0.25) is 5.91 Å². The van der Waals surface area contributed by atoms with Crippen LogP contribution in [0.25, 0.3) is 10.8 Å². The number of anilines is 1. The van der Waals surface area contributed by atoms with E-state index in [1.54, 1.807) is 0 Å². The van der Waals surface area contributed by atoms with Gasteiger partial charge in [0, 0.05) is 5.38 Å². The highest BCUT2D eigenvalue weighted by Gasteiger charge is 2.07. The fourth-order valence-corrected chi connectivity index (χ4v) is 2.81. The number of nitrogens with one attached hydrogen (secondary N) is 1. The maximum absolute atomic E-state index is 12.0. The number of carbonyl (C=O) groups is 1. The first-order chi connectivity index (χ1) is 9.70. The Hall–Kier alpha value is -2.20. The summed E-state index contributed by atoms with van der Waals surface area (Å²) in [5, 5.41) is 7.75. The first-order valence-corrected chi connectivity index (χ1v) is 7.28.